The number of aromatic nitrogens is 2. The highest BCUT2D eigenvalue weighted by molar-refractivity contribution is 5.82. The SMILES string of the molecule is Cc1ccc(-c2ccc3cnc4ccccc4n23)cc1. The van der Waals surface area contributed by atoms with Crippen LogP contribution in [-0.2, 0) is 0 Å². The Morgan fingerprint density at radius 2 is 1.65 bits per heavy atom. The summed E-state index contributed by atoms with van der Waals surface area (Å²) in [6, 6.07) is 21.2. The highest BCUT2D eigenvalue weighted by Gasteiger charge is 2.07. The lowest BCUT2D eigenvalue weighted by Gasteiger charge is -2.07. The van der Waals surface area contributed by atoms with Crippen molar-refractivity contribution in [1.29, 1.82) is 0 Å². The van der Waals surface area contributed by atoms with E-state index in [9.17, 15) is 0 Å². The number of hydrogen-bond acceptors (Lipinski definition) is 1. The number of para-hydroxylation sites is 2. The average molecular weight is 258 g/mol. The first kappa shape index (κ1) is 11.2. The maximum absolute atomic E-state index is 4.51. The maximum atomic E-state index is 4.51. The van der Waals surface area contributed by atoms with Gasteiger partial charge in [0, 0.05) is 0 Å². The monoisotopic (exact) mass is 258 g/mol. The largest absolute Gasteiger partial charge is 0.306 e. The highest BCUT2D eigenvalue weighted by Crippen LogP contribution is 2.26. The molecule has 2 nitrogen and oxygen atoms in total. The van der Waals surface area contributed by atoms with Crippen LogP contribution in [0.5, 0.6) is 0 Å². The normalized spacial score (nSPS) is 11.2. The molecular weight excluding hydrogens is 244 g/mol. The molecule has 0 bridgehead atoms. The predicted octanol–water partition coefficient (Wildman–Crippen LogP) is 4.46. The van der Waals surface area contributed by atoms with E-state index in [0.717, 1.165) is 16.6 Å². The van der Waals surface area contributed by atoms with Gasteiger partial charge in [-0.1, -0.05) is 42.0 Å². The Balaban J connectivity index is 2.09. The molecule has 2 heteroatoms. The van der Waals surface area contributed by atoms with E-state index >= 15 is 0 Å². The second kappa shape index (κ2) is 4.20. The number of fused-ring (bicyclic) bond motifs is 3. The Kier molecular flexibility index (Phi) is 2.36. The van der Waals surface area contributed by atoms with Crippen molar-refractivity contribution in [2.45, 2.75) is 6.92 Å². The van der Waals surface area contributed by atoms with Gasteiger partial charge in [-0.15, -0.1) is 0 Å². The van der Waals surface area contributed by atoms with E-state index < -0.39 is 0 Å². The van der Waals surface area contributed by atoms with Crippen LogP contribution in [0.3, 0.4) is 0 Å². The van der Waals surface area contributed by atoms with E-state index in [-0.39, 0.29) is 0 Å². The molecule has 0 aliphatic heterocycles. The van der Waals surface area contributed by atoms with Crippen LogP contribution in [0.4, 0.5) is 0 Å². The van der Waals surface area contributed by atoms with Gasteiger partial charge in [-0.25, -0.2) is 0 Å². The third-order valence-corrected chi connectivity index (χ3v) is 3.72. The molecule has 0 radical (unpaired) electrons. The van der Waals surface area contributed by atoms with Crippen LogP contribution >= 0.6 is 0 Å². The van der Waals surface area contributed by atoms with Gasteiger partial charge >= 0.3 is 0 Å². The third-order valence-electron chi connectivity index (χ3n) is 3.72. The zero-order valence-electron chi connectivity index (χ0n) is 11.2. The molecular formula is C18H14N2. The molecule has 4 aromatic rings. The molecule has 0 saturated carbocycles. The topological polar surface area (TPSA) is 17.3 Å². The molecule has 20 heavy (non-hydrogen) atoms. The zero-order chi connectivity index (χ0) is 13.5. The molecule has 0 atom stereocenters. The van der Waals surface area contributed by atoms with Crippen molar-refractivity contribution in [3.63, 3.8) is 0 Å². The fourth-order valence-electron chi connectivity index (χ4n) is 2.67. The van der Waals surface area contributed by atoms with Crippen molar-refractivity contribution in [2.75, 3.05) is 0 Å². The summed E-state index contributed by atoms with van der Waals surface area (Å²) >= 11 is 0. The van der Waals surface area contributed by atoms with Gasteiger partial charge in [0.1, 0.15) is 0 Å². The van der Waals surface area contributed by atoms with E-state index in [1.807, 2.05) is 18.3 Å². The van der Waals surface area contributed by atoms with Crippen LogP contribution in [-0.4, -0.2) is 9.38 Å². The Labute approximate surface area is 117 Å². The first-order valence-corrected chi connectivity index (χ1v) is 6.75. The van der Waals surface area contributed by atoms with Gasteiger partial charge in [-0.3, -0.25) is 4.98 Å². The summed E-state index contributed by atoms with van der Waals surface area (Å²) in [5.41, 5.74) is 7.00. The fourth-order valence-corrected chi connectivity index (χ4v) is 2.67. The minimum Gasteiger partial charge on any atom is -0.306 e. The van der Waals surface area contributed by atoms with Crippen LogP contribution in [0.1, 0.15) is 5.56 Å². The molecule has 0 aliphatic carbocycles. The number of hydrogen-bond donors (Lipinski definition) is 0. The average Bonchev–Trinajstić information content (AvgIpc) is 2.92. The van der Waals surface area contributed by atoms with Crippen molar-refractivity contribution in [1.82, 2.24) is 9.38 Å². The van der Waals surface area contributed by atoms with Crippen LogP contribution in [0, 0.1) is 6.92 Å². The van der Waals surface area contributed by atoms with Crippen LogP contribution in [0.15, 0.2) is 66.9 Å². The molecule has 0 unspecified atom stereocenters. The van der Waals surface area contributed by atoms with Crippen LogP contribution < -0.4 is 0 Å². The molecule has 0 N–H and O–H groups in total. The summed E-state index contributed by atoms with van der Waals surface area (Å²) in [6.45, 7) is 2.11. The van der Waals surface area contributed by atoms with Gasteiger partial charge in [0.2, 0.25) is 0 Å². The second-order valence-corrected chi connectivity index (χ2v) is 5.09. The first-order chi connectivity index (χ1) is 9.83. The Hall–Kier alpha value is -2.61. The van der Waals surface area contributed by atoms with E-state index in [1.54, 1.807) is 0 Å². The van der Waals surface area contributed by atoms with Gasteiger partial charge in [0.25, 0.3) is 0 Å². The molecule has 0 fully saturated rings. The standard InChI is InChI=1S/C18H14N2/c1-13-6-8-14(9-7-13)17-11-10-15-12-19-16-4-2-3-5-18(16)20(15)17/h2-12H,1H3. The predicted molar refractivity (Wildman–Crippen MR) is 82.9 cm³/mol. The molecule has 0 amide bonds. The van der Waals surface area contributed by atoms with Crippen LogP contribution in [0.25, 0.3) is 27.8 Å². The fraction of sp³-hybridized carbons (Fsp3) is 0.0556. The van der Waals surface area contributed by atoms with Gasteiger partial charge in [0.05, 0.1) is 28.4 Å². The van der Waals surface area contributed by atoms with E-state index in [0.29, 0.717) is 0 Å². The molecule has 2 aromatic heterocycles. The van der Waals surface area contributed by atoms with Crippen molar-refractivity contribution in [3.8, 4) is 11.3 Å². The second-order valence-electron chi connectivity index (χ2n) is 5.09. The van der Waals surface area contributed by atoms with Crippen LogP contribution in [0.2, 0.25) is 0 Å². The number of nitrogens with zero attached hydrogens (tertiary/aromatic N) is 2. The maximum Gasteiger partial charge on any atom is 0.0871 e. The summed E-state index contributed by atoms with van der Waals surface area (Å²) in [4.78, 5) is 4.51. The first-order valence-electron chi connectivity index (χ1n) is 6.75. The number of aryl methyl sites for hydroxylation is 1. The van der Waals surface area contributed by atoms with Gasteiger partial charge in [-0.2, -0.15) is 0 Å². The van der Waals surface area contributed by atoms with Crippen molar-refractivity contribution in [3.05, 3.63) is 72.4 Å². The lowest BCUT2D eigenvalue weighted by atomic mass is 10.1. The van der Waals surface area contributed by atoms with Crippen molar-refractivity contribution < 1.29 is 0 Å². The lowest BCUT2D eigenvalue weighted by Crippen LogP contribution is -1.92. The summed E-state index contributed by atoms with van der Waals surface area (Å²) in [5.74, 6) is 0. The zero-order valence-corrected chi connectivity index (χ0v) is 11.2. The van der Waals surface area contributed by atoms with E-state index in [2.05, 4.69) is 64.8 Å². The minimum atomic E-state index is 1.02. The summed E-state index contributed by atoms with van der Waals surface area (Å²) in [5, 5.41) is 0. The van der Waals surface area contributed by atoms with E-state index in [4.69, 9.17) is 0 Å². The lowest BCUT2D eigenvalue weighted by molar-refractivity contribution is 1.23. The summed E-state index contributed by atoms with van der Waals surface area (Å²) < 4.78 is 2.27. The van der Waals surface area contributed by atoms with Gasteiger partial charge in [-0.05, 0) is 36.8 Å². The third kappa shape index (κ3) is 1.62. The Morgan fingerprint density at radius 3 is 2.50 bits per heavy atom. The number of rotatable bonds is 1. The Bertz CT molecular complexity index is 902. The molecule has 2 heterocycles. The molecule has 0 aliphatic rings. The van der Waals surface area contributed by atoms with Crippen molar-refractivity contribution in [2.24, 2.45) is 0 Å². The summed E-state index contributed by atoms with van der Waals surface area (Å²) in [7, 11) is 0. The molecule has 4 rings (SSSR count). The molecule has 96 valence electrons. The van der Waals surface area contributed by atoms with Gasteiger partial charge < -0.3 is 4.40 Å². The Morgan fingerprint density at radius 1 is 0.850 bits per heavy atom. The molecule has 0 spiro atoms. The molecule has 0 saturated heterocycles. The smallest absolute Gasteiger partial charge is 0.0871 e. The number of benzene rings is 2. The quantitative estimate of drug-likeness (QED) is 0.492. The van der Waals surface area contributed by atoms with Crippen molar-refractivity contribution >= 4 is 16.6 Å². The van der Waals surface area contributed by atoms with Gasteiger partial charge in [0.15, 0.2) is 0 Å². The van der Waals surface area contributed by atoms with E-state index in [1.165, 1.54) is 16.8 Å². The highest BCUT2D eigenvalue weighted by atomic mass is 14.9. The molecule has 2 aromatic carbocycles. The summed E-state index contributed by atoms with van der Waals surface area (Å²) in [6.07, 6.45) is 1.93. The minimum absolute atomic E-state index is 1.02.